The minimum Gasteiger partial charge on any atom is -0.372 e. The maximum absolute atomic E-state index is 11.5. The largest absolute Gasteiger partial charge is 0.372 e. The third-order valence-electron chi connectivity index (χ3n) is 2.01. The van der Waals surface area contributed by atoms with Gasteiger partial charge in [-0.05, 0) is 26.0 Å². The van der Waals surface area contributed by atoms with E-state index in [1.165, 1.54) is 0 Å². The number of aryl methyl sites for hydroxylation is 1. The second-order valence-electron chi connectivity index (χ2n) is 3.24. The Kier molecular flexibility index (Phi) is 4.27. The van der Waals surface area contributed by atoms with E-state index >= 15 is 0 Å². The van der Waals surface area contributed by atoms with Crippen molar-refractivity contribution in [1.82, 2.24) is 0 Å². The van der Waals surface area contributed by atoms with Crippen LogP contribution in [0.4, 0.5) is 5.69 Å². The van der Waals surface area contributed by atoms with Crippen LogP contribution in [0.15, 0.2) is 24.3 Å². The van der Waals surface area contributed by atoms with Crippen LogP contribution in [0.2, 0.25) is 0 Å². The Bertz CT molecular complexity index is 322. The van der Waals surface area contributed by atoms with Crippen molar-refractivity contribution >= 4 is 11.6 Å². The number of rotatable bonds is 4. The Morgan fingerprint density at radius 2 is 2.00 bits per heavy atom. The smallest absolute Gasteiger partial charge is 0.267 e. The fraction of sp³-hybridized carbons (Fsp3) is 0.364. The van der Waals surface area contributed by atoms with E-state index < -0.39 is 0 Å². The molecule has 15 heavy (non-hydrogen) atoms. The molecule has 0 saturated carbocycles. The van der Waals surface area contributed by atoms with Crippen LogP contribution in [0.3, 0.4) is 0 Å². The van der Waals surface area contributed by atoms with Crippen LogP contribution in [0.5, 0.6) is 0 Å². The first kappa shape index (κ1) is 11.7. The highest BCUT2D eigenvalue weighted by Crippen LogP contribution is 2.11. The van der Waals surface area contributed by atoms with Crippen molar-refractivity contribution in [3.05, 3.63) is 29.8 Å². The number of carbonyl (C=O) groups excluding carboxylic acids is 1. The molecule has 0 bridgehead atoms. The second kappa shape index (κ2) is 5.48. The molecule has 1 aromatic carbocycles. The van der Waals surface area contributed by atoms with E-state index in [0.29, 0.717) is 12.3 Å². The SMILES string of the molecule is CCOCC(=O)N(N)c1ccc(C)cc1. The van der Waals surface area contributed by atoms with E-state index in [1.54, 1.807) is 12.1 Å². The maximum atomic E-state index is 11.5. The van der Waals surface area contributed by atoms with E-state index in [-0.39, 0.29) is 12.5 Å². The van der Waals surface area contributed by atoms with Crippen molar-refractivity contribution in [2.45, 2.75) is 13.8 Å². The van der Waals surface area contributed by atoms with Gasteiger partial charge < -0.3 is 4.74 Å². The summed E-state index contributed by atoms with van der Waals surface area (Å²) in [5.74, 6) is 5.38. The van der Waals surface area contributed by atoms with Gasteiger partial charge in [-0.3, -0.25) is 4.79 Å². The molecule has 0 atom stereocenters. The number of carbonyl (C=O) groups is 1. The highest BCUT2D eigenvalue weighted by molar-refractivity contribution is 5.93. The van der Waals surface area contributed by atoms with Crippen LogP contribution >= 0.6 is 0 Å². The van der Waals surface area contributed by atoms with Crippen LogP contribution in [0.25, 0.3) is 0 Å². The highest BCUT2D eigenvalue weighted by atomic mass is 16.5. The van der Waals surface area contributed by atoms with Gasteiger partial charge in [-0.15, -0.1) is 0 Å². The molecule has 4 nitrogen and oxygen atoms in total. The van der Waals surface area contributed by atoms with Crippen molar-refractivity contribution < 1.29 is 9.53 Å². The van der Waals surface area contributed by atoms with Crippen molar-refractivity contribution in [3.8, 4) is 0 Å². The number of nitrogens with zero attached hydrogens (tertiary/aromatic N) is 1. The van der Waals surface area contributed by atoms with E-state index in [0.717, 1.165) is 10.6 Å². The minimum atomic E-state index is -0.249. The Hall–Kier alpha value is -1.39. The minimum absolute atomic E-state index is 0.0148. The van der Waals surface area contributed by atoms with E-state index in [1.807, 2.05) is 26.0 Å². The Balaban J connectivity index is 2.63. The van der Waals surface area contributed by atoms with Gasteiger partial charge >= 0.3 is 0 Å². The third-order valence-corrected chi connectivity index (χ3v) is 2.01. The van der Waals surface area contributed by atoms with Crippen LogP contribution < -0.4 is 10.9 Å². The number of nitrogens with two attached hydrogens (primary N) is 1. The summed E-state index contributed by atoms with van der Waals surface area (Å²) in [4.78, 5) is 11.5. The molecule has 1 aromatic rings. The average Bonchev–Trinajstić information content (AvgIpc) is 2.26. The van der Waals surface area contributed by atoms with Crippen LogP contribution in [-0.2, 0) is 9.53 Å². The normalized spacial score (nSPS) is 10.1. The number of ether oxygens (including phenoxy) is 1. The van der Waals surface area contributed by atoms with Gasteiger partial charge in [0.05, 0.1) is 5.69 Å². The molecular formula is C11H16N2O2. The molecule has 0 unspecified atom stereocenters. The summed E-state index contributed by atoms with van der Waals surface area (Å²) in [5, 5.41) is 1.11. The first-order chi connectivity index (χ1) is 7.15. The van der Waals surface area contributed by atoms with E-state index in [9.17, 15) is 4.79 Å². The monoisotopic (exact) mass is 208 g/mol. The van der Waals surface area contributed by atoms with Crippen LogP contribution in [-0.4, -0.2) is 19.1 Å². The molecule has 82 valence electrons. The van der Waals surface area contributed by atoms with E-state index in [2.05, 4.69) is 0 Å². The number of hydrogen-bond acceptors (Lipinski definition) is 3. The van der Waals surface area contributed by atoms with Crippen LogP contribution in [0, 0.1) is 6.92 Å². The molecule has 0 spiro atoms. The van der Waals surface area contributed by atoms with Crippen molar-refractivity contribution in [2.75, 3.05) is 18.2 Å². The molecular weight excluding hydrogens is 192 g/mol. The van der Waals surface area contributed by atoms with Crippen molar-refractivity contribution in [1.29, 1.82) is 0 Å². The predicted molar refractivity (Wildman–Crippen MR) is 59.3 cm³/mol. The Morgan fingerprint density at radius 3 is 2.53 bits per heavy atom. The van der Waals surface area contributed by atoms with Gasteiger partial charge in [0.15, 0.2) is 0 Å². The summed E-state index contributed by atoms with van der Waals surface area (Å²) >= 11 is 0. The predicted octanol–water partition coefficient (Wildman–Crippen LogP) is 1.24. The Labute approximate surface area is 89.6 Å². The zero-order chi connectivity index (χ0) is 11.3. The summed E-state index contributed by atoms with van der Waals surface area (Å²) in [6.07, 6.45) is 0. The Morgan fingerprint density at radius 1 is 1.40 bits per heavy atom. The maximum Gasteiger partial charge on any atom is 0.267 e. The zero-order valence-corrected chi connectivity index (χ0v) is 9.06. The molecule has 0 aliphatic rings. The lowest BCUT2D eigenvalue weighted by Gasteiger charge is -2.16. The van der Waals surface area contributed by atoms with Gasteiger partial charge in [-0.25, -0.2) is 10.9 Å². The number of amides is 1. The van der Waals surface area contributed by atoms with Gasteiger partial charge in [-0.1, -0.05) is 17.7 Å². The highest BCUT2D eigenvalue weighted by Gasteiger charge is 2.10. The first-order valence-corrected chi connectivity index (χ1v) is 4.87. The van der Waals surface area contributed by atoms with Crippen LogP contribution in [0.1, 0.15) is 12.5 Å². The third kappa shape index (κ3) is 3.34. The summed E-state index contributed by atoms with van der Waals surface area (Å²) in [6, 6.07) is 7.42. The number of hydrazine groups is 1. The van der Waals surface area contributed by atoms with Crippen molar-refractivity contribution in [2.24, 2.45) is 5.84 Å². The molecule has 4 heteroatoms. The molecule has 0 aliphatic carbocycles. The standard InChI is InChI=1S/C11H16N2O2/c1-3-15-8-11(14)13(12)10-6-4-9(2)5-7-10/h4-7H,3,8,12H2,1-2H3. The second-order valence-corrected chi connectivity index (χ2v) is 3.24. The summed E-state index contributed by atoms with van der Waals surface area (Å²) < 4.78 is 4.99. The summed E-state index contributed by atoms with van der Waals surface area (Å²) in [7, 11) is 0. The fourth-order valence-corrected chi connectivity index (χ4v) is 1.11. The quantitative estimate of drug-likeness (QED) is 0.460. The lowest BCUT2D eigenvalue weighted by atomic mass is 10.2. The molecule has 0 aromatic heterocycles. The number of benzene rings is 1. The fourth-order valence-electron chi connectivity index (χ4n) is 1.11. The molecule has 0 radical (unpaired) electrons. The molecule has 0 saturated heterocycles. The zero-order valence-electron chi connectivity index (χ0n) is 9.06. The van der Waals surface area contributed by atoms with Gasteiger partial charge in [0.25, 0.3) is 5.91 Å². The molecule has 1 rings (SSSR count). The van der Waals surface area contributed by atoms with Gasteiger partial charge in [-0.2, -0.15) is 0 Å². The molecule has 0 heterocycles. The molecule has 2 N–H and O–H groups in total. The average molecular weight is 208 g/mol. The molecule has 0 fully saturated rings. The molecule has 1 amide bonds. The van der Waals surface area contributed by atoms with E-state index in [4.69, 9.17) is 10.6 Å². The van der Waals surface area contributed by atoms with Gasteiger partial charge in [0.2, 0.25) is 0 Å². The van der Waals surface area contributed by atoms with Gasteiger partial charge in [0.1, 0.15) is 6.61 Å². The van der Waals surface area contributed by atoms with Gasteiger partial charge in [0, 0.05) is 6.61 Å². The number of anilines is 1. The summed E-state index contributed by atoms with van der Waals surface area (Å²) in [5.41, 5.74) is 1.80. The first-order valence-electron chi connectivity index (χ1n) is 4.87. The lowest BCUT2D eigenvalue weighted by molar-refractivity contribution is -0.123. The summed E-state index contributed by atoms with van der Waals surface area (Å²) in [6.45, 7) is 4.33. The lowest BCUT2D eigenvalue weighted by Crippen LogP contribution is -2.40. The number of hydrogen-bond donors (Lipinski definition) is 1. The topological polar surface area (TPSA) is 55.6 Å². The molecule has 0 aliphatic heterocycles. The van der Waals surface area contributed by atoms with Crippen molar-refractivity contribution in [3.63, 3.8) is 0 Å².